The minimum absolute atomic E-state index is 0.0138. The summed E-state index contributed by atoms with van der Waals surface area (Å²) in [6.07, 6.45) is 1.10. The number of para-hydroxylation sites is 1. The van der Waals surface area contributed by atoms with Crippen molar-refractivity contribution in [3.05, 3.63) is 52.5 Å². The monoisotopic (exact) mass is 344 g/mol. The summed E-state index contributed by atoms with van der Waals surface area (Å²) in [5, 5.41) is 2.91. The maximum absolute atomic E-state index is 12.0. The Hall–Kier alpha value is -2.18. The highest BCUT2D eigenvalue weighted by molar-refractivity contribution is 7.73. The highest BCUT2D eigenvalue weighted by Gasteiger charge is 2.05. The van der Waals surface area contributed by atoms with E-state index in [4.69, 9.17) is 17.0 Å². The SMILES string of the molecule is O=C(CCCOc1ccccc1)Nc1ccc2[nH]c(=S)sc2c1. The summed E-state index contributed by atoms with van der Waals surface area (Å²) >= 11 is 6.62. The number of hydrogen-bond acceptors (Lipinski definition) is 4. The third-order valence-corrected chi connectivity index (χ3v) is 4.46. The zero-order valence-electron chi connectivity index (χ0n) is 12.4. The summed E-state index contributed by atoms with van der Waals surface area (Å²) in [6, 6.07) is 15.3. The number of carbonyl (C=O) groups excluding carboxylic acids is 1. The fourth-order valence-electron chi connectivity index (χ4n) is 2.19. The number of thiazole rings is 1. The molecule has 0 atom stereocenters. The lowest BCUT2D eigenvalue weighted by molar-refractivity contribution is -0.116. The summed E-state index contributed by atoms with van der Waals surface area (Å²) in [7, 11) is 0. The van der Waals surface area contributed by atoms with E-state index in [1.54, 1.807) is 0 Å². The van der Waals surface area contributed by atoms with Crippen LogP contribution >= 0.6 is 23.6 Å². The van der Waals surface area contributed by atoms with Gasteiger partial charge in [0, 0.05) is 12.1 Å². The number of H-pyrrole nitrogens is 1. The molecular formula is C17H16N2O2S2. The van der Waals surface area contributed by atoms with Crippen molar-refractivity contribution in [1.29, 1.82) is 0 Å². The van der Waals surface area contributed by atoms with Crippen LogP contribution in [0.4, 0.5) is 5.69 Å². The van der Waals surface area contributed by atoms with Gasteiger partial charge in [-0.1, -0.05) is 18.2 Å². The first kappa shape index (κ1) is 15.7. The summed E-state index contributed by atoms with van der Waals surface area (Å²) in [5.74, 6) is 0.812. The molecule has 3 rings (SSSR count). The average molecular weight is 344 g/mol. The number of amides is 1. The first-order valence-electron chi connectivity index (χ1n) is 7.31. The number of aromatic nitrogens is 1. The van der Waals surface area contributed by atoms with Gasteiger partial charge in [0.25, 0.3) is 0 Å². The second-order valence-corrected chi connectivity index (χ2v) is 6.76. The van der Waals surface area contributed by atoms with Crippen LogP contribution in [0.1, 0.15) is 12.8 Å². The fraction of sp³-hybridized carbons (Fsp3) is 0.176. The third kappa shape index (κ3) is 4.40. The Morgan fingerprint density at radius 2 is 2.04 bits per heavy atom. The maximum atomic E-state index is 12.0. The van der Waals surface area contributed by atoms with Gasteiger partial charge < -0.3 is 15.0 Å². The van der Waals surface area contributed by atoms with E-state index in [1.165, 1.54) is 11.3 Å². The number of aromatic amines is 1. The summed E-state index contributed by atoms with van der Waals surface area (Å²) in [5.41, 5.74) is 1.78. The lowest BCUT2D eigenvalue weighted by atomic mass is 10.2. The minimum atomic E-state index is -0.0138. The van der Waals surface area contributed by atoms with Gasteiger partial charge in [0.05, 0.1) is 16.8 Å². The lowest BCUT2D eigenvalue weighted by Crippen LogP contribution is -2.12. The number of rotatable bonds is 6. The van der Waals surface area contributed by atoms with Gasteiger partial charge in [-0.15, -0.1) is 11.3 Å². The molecule has 4 nitrogen and oxygen atoms in total. The van der Waals surface area contributed by atoms with Gasteiger partial charge in [-0.2, -0.15) is 0 Å². The highest BCUT2D eigenvalue weighted by atomic mass is 32.1. The molecule has 0 aliphatic carbocycles. The lowest BCUT2D eigenvalue weighted by Gasteiger charge is -2.07. The van der Waals surface area contributed by atoms with E-state index in [9.17, 15) is 4.79 Å². The van der Waals surface area contributed by atoms with Crippen LogP contribution in [-0.2, 0) is 4.79 Å². The van der Waals surface area contributed by atoms with Crippen molar-refractivity contribution in [2.45, 2.75) is 12.8 Å². The van der Waals surface area contributed by atoms with Gasteiger partial charge >= 0.3 is 0 Å². The van der Waals surface area contributed by atoms with Gasteiger partial charge in [0.2, 0.25) is 5.91 Å². The molecular weight excluding hydrogens is 328 g/mol. The molecule has 1 aromatic heterocycles. The number of hydrogen-bond donors (Lipinski definition) is 2. The Morgan fingerprint density at radius 1 is 1.22 bits per heavy atom. The Balaban J connectivity index is 1.47. The van der Waals surface area contributed by atoms with Crippen LogP contribution in [0, 0.1) is 3.95 Å². The molecule has 118 valence electrons. The van der Waals surface area contributed by atoms with Crippen LogP contribution in [0.3, 0.4) is 0 Å². The molecule has 0 spiro atoms. The molecule has 2 aromatic carbocycles. The van der Waals surface area contributed by atoms with Crippen molar-refractivity contribution >= 4 is 45.4 Å². The van der Waals surface area contributed by atoms with E-state index in [0.29, 0.717) is 19.4 Å². The minimum Gasteiger partial charge on any atom is -0.494 e. The highest BCUT2D eigenvalue weighted by Crippen LogP contribution is 2.23. The first-order chi connectivity index (χ1) is 11.2. The van der Waals surface area contributed by atoms with Gasteiger partial charge in [-0.25, -0.2) is 0 Å². The van der Waals surface area contributed by atoms with Gasteiger partial charge in [-0.05, 0) is 49.0 Å². The molecule has 1 amide bonds. The number of carbonyl (C=O) groups is 1. The molecule has 0 unspecified atom stereocenters. The van der Waals surface area contributed by atoms with Crippen LogP contribution in [0.25, 0.3) is 10.2 Å². The normalized spacial score (nSPS) is 10.6. The van der Waals surface area contributed by atoms with Crippen molar-refractivity contribution in [3.8, 4) is 5.75 Å². The van der Waals surface area contributed by atoms with Crippen LogP contribution in [0.2, 0.25) is 0 Å². The second-order valence-electron chi connectivity index (χ2n) is 5.04. The van der Waals surface area contributed by atoms with Crippen molar-refractivity contribution in [1.82, 2.24) is 4.98 Å². The molecule has 0 saturated heterocycles. The number of fused-ring (bicyclic) bond motifs is 1. The largest absolute Gasteiger partial charge is 0.494 e. The zero-order chi connectivity index (χ0) is 16.1. The Labute approximate surface area is 143 Å². The first-order valence-corrected chi connectivity index (χ1v) is 8.54. The van der Waals surface area contributed by atoms with E-state index in [0.717, 1.165) is 25.6 Å². The molecule has 0 radical (unpaired) electrons. The van der Waals surface area contributed by atoms with E-state index < -0.39 is 0 Å². The Kier molecular flexibility index (Phi) is 5.05. The second kappa shape index (κ2) is 7.39. The topological polar surface area (TPSA) is 54.1 Å². The predicted molar refractivity (Wildman–Crippen MR) is 96.8 cm³/mol. The molecule has 2 N–H and O–H groups in total. The van der Waals surface area contributed by atoms with Crippen molar-refractivity contribution in [2.24, 2.45) is 0 Å². The summed E-state index contributed by atoms with van der Waals surface area (Å²) in [4.78, 5) is 15.1. The third-order valence-electron chi connectivity index (χ3n) is 3.26. The smallest absolute Gasteiger partial charge is 0.224 e. The average Bonchev–Trinajstić information content (AvgIpc) is 2.92. The molecule has 0 fully saturated rings. The molecule has 0 aliphatic heterocycles. The van der Waals surface area contributed by atoms with Crippen LogP contribution in [-0.4, -0.2) is 17.5 Å². The fourth-order valence-corrected chi connectivity index (χ4v) is 3.34. The molecule has 1 heterocycles. The number of ether oxygens (including phenoxy) is 1. The predicted octanol–water partition coefficient (Wildman–Crippen LogP) is 4.76. The molecule has 0 saturated carbocycles. The quantitative estimate of drug-likeness (QED) is 0.501. The van der Waals surface area contributed by atoms with E-state index in [-0.39, 0.29) is 5.91 Å². The number of nitrogens with one attached hydrogen (secondary N) is 2. The van der Waals surface area contributed by atoms with E-state index in [2.05, 4.69) is 10.3 Å². The van der Waals surface area contributed by atoms with Crippen molar-refractivity contribution in [2.75, 3.05) is 11.9 Å². The molecule has 3 aromatic rings. The summed E-state index contributed by atoms with van der Waals surface area (Å²) < 4.78 is 7.35. The van der Waals surface area contributed by atoms with Crippen LogP contribution < -0.4 is 10.1 Å². The van der Waals surface area contributed by atoms with Crippen LogP contribution in [0.5, 0.6) is 5.75 Å². The Morgan fingerprint density at radius 3 is 2.87 bits per heavy atom. The van der Waals surface area contributed by atoms with Crippen molar-refractivity contribution < 1.29 is 9.53 Å². The molecule has 0 bridgehead atoms. The standard InChI is InChI=1S/C17H16N2O2S2/c20-16(7-4-10-21-13-5-2-1-3-6-13)18-12-8-9-14-15(11-12)23-17(22)19-14/h1-3,5-6,8-9,11H,4,7,10H2,(H,18,20)(H,19,22). The van der Waals surface area contributed by atoms with Gasteiger partial charge in [0.1, 0.15) is 5.75 Å². The van der Waals surface area contributed by atoms with Gasteiger partial charge in [-0.3, -0.25) is 4.79 Å². The molecule has 6 heteroatoms. The molecule has 0 aliphatic rings. The van der Waals surface area contributed by atoms with Crippen molar-refractivity contribution in [3.63, 3.8) is 0 Å². The van der Waals surface area contributed by atoms with Crippen LogP contribution in [0.15, 0.2) is 48.5 Å². The summed E-state index contributed by atoms with van der Waals surface area (Å²) in [6.45, 7) is 0.523. The zero-order valence-corrected chi connectivity index (χ0v) is 14.0. The number of anilines is 1. The Bertz CT molecular complexity index is 856. The van der Waals surface area contributed by atoms with E-state index >= 15 is 0 Å². The number of benzene rings is 2. The molecule has 23 heavy (non-hydrogen) atoms. The van der Waals surface area contributed by atoms with E-state index in [1.807, 2.05) is 48.5 Å². The maximum Gasteiger partial charge on any atom is 0.224 e. The van der Waals surface area contributed by atoms with Gasteiger partial charge in [0.15, 0.2) is 3.95 Å².